The van der Waals surface area contributed by atoms with Gasteiger partial charge in [-0.2, -0.15) is 0 Å². The molecule has 2 amide bonds. The molecule has 0 spiro atoms. The van der Waals surface area contributed by atoms with Crippen molar-refractivity contribution in [1.82, 2.24) is 10.2 Å². The number of nitrogens with zero attached hydrogens (tertiary/aromatic N) is 2. The summed E-state index contributed by atoms with van der Waals surface area (Å²) in [7, 11) is -2.57. The van der Waals surface area contributed by atoms with Crippen LogP contribution in [0.1, 0.15) is 38.7 Å². The first-order valence-electron chi connectivity index (χ1n) is 11.6. The van der Waals surface area contributed by atoms with Crippen LogP contribution < -0.4 is 14.4 Å². The summed E-state index contributed by atoms with van der Waals surface area (Å²) in [5.74, 6) is -1.17. The number of carbonyl (C=O) groups is 2. The van der Waals surface area contributed by atoms with Crippen LogP contribution in [0, 0.1) is 5.82 Å². The van der Waals surface area contributed by atoms with E-state index in [4.69, 9.17) is 16.3 Å². The summed E-state index contributed by atoms with van der Waals surface area (Å²) in [5.41, 5.74) is 0.693. The largest absolute Gasteiger partial charge is 0.495 e. The molecule has 0 aliphatic rings. The number of halogens is 2. The summed E-state index contributed by atoms with van der Waals surface area (Å²) in [6.45, 7) is 3.62. The molecule has 0 saturated heterocycles. The van der Waals surface area contributed by atoms with Gasteiger partial charge < -0.3 is 15.0 Å². The van der Waals surface area contributed by atoms with Gasteiger partial charge in [0.15, 0.2) is 0 Å². The SMILES string of the molecule is CCCCNC(=O)[C@H](CC)N(Cc1ccc(F)cc1)C(=O)CN(c1cc(Cl)ccc1OC)S(C)(=O)=O. The van der Waals surface area contributed by atoms with Crippen molar-refractivity contribution in [3.05, 3.63) is 58.9 Å². The maximum atomic E-state index is 13.7. The maximum Gasteiger partial charge on any atom is 0.244 e. The summed E-state index contributed by atoms with van der Waals surface area (Å²) >= 11 is 6.11. The number of rotatable bonds is 13. The normalized spacial score (nSPS) is 12.1. The Morgan fingerprint density at radius 3 is 2.36 bits per heavy atom. The zero-order valence-corrected chi connectivity index (χ0v) is 22.5. The van der Waals surface area contributed by atoms with Crippen molar-refractivity contribution in [3.8, 4) is 5.75 Å². The van der Waals surface area contributed by atoms with E-state index in [0.29, 0.717) is 18.5 Å². The Morgan fingerprint density at radius 1 is 1.14 bits per heavy atom. The summed E-state index contributed by atoms with van der Waals surface area (Å²) in [6, 6.07) is 9.15. The second kappa shape index (κ2) is 13.5. The van der Waals surface area contributed by atoms with Crippen LogP contribution >= 0.6 is 11.6 Å². The highest BCUT2D eigenvalue weighted by atomic mass is 35.5. The van der Waals surface area contributed by atoms with Gasteiger partial charge in [0.25, 0.3) is 0 Å². The number of anilines is 1. The first-order valence-corrected chi connectivity index (χ1v) is 13.9. The molecule has 1 atom stereocenters. The van der Waals surface area contributed by atoms with Crippen LogP contribution in [0.4, 0.5) is 10.1 Å². The first kappa shape index (κ1) is 29.4. The Kier molecular flexibility index (Phi) is 11.0. The second-order valence-electron chi connectivity index (χ2n) is 8.30. The van der Waals surface area contributed by atoms with Gasteiger partial charge in [0, 0.05) is 18.1 Å². The molecule has 0 radical (unpaired) electrons. The molecule has 0 unspecified atom stereocenters. The minimum absolute atomic E-state index is 0.0108. The number of hydrogen-bond donors (Lipinski definition) is 1. The Labute approximate surface area is 217 Å². The molecule has 8 nitrogen and oxygen atoms in total. The zero-order valence-electron chi connectivity index (χ0n) is 21.0. The van der Waals surface area contributed by atoms with E-state index in [2.05, 4.69) is 5.32 Å². The first-order chi connectivity index (χ1) is 17.0. The number of sulfonamides is 1. The van der Waals surface area contributed by atoms with Crippen LogP contribution in [-0.2, 0) is 26.2 Å². The van der Waals surface area contributed by atoms with Gasteiger partial charge in [-0.05, 0) is 48.7 Å². The summed E-state index contributed by atoms with van der Waals surface area (Å²) in [5, 5.41) is 3.10. The fraction of sp³-hybridized carbons (Fsp3) is 0.440. The third kappa shape index (κ3) is 8.09. The van der Waals surface area contributed by atoms with Crippen LogP contribution in [0.25, 0.3) is 0 Å². The predicted molar refractivity (Wildman–Crippen MR) is 139 cm³/mol. The summed E-state index contributed by atoms with van der Waals surface area (Å²) in [6.07, 6.45) is 2.94. The average molecular weight is 542 g/mol. The third-order valence-electron chi connectivity index (χ3n) is 5.57. The van der Waals surface area contributed by atoms with Crippen LogP contribution in [0.5, 0.6) is 5.75 Å². The second-order valence-corrected chi connectivity index (χ2v) is 10.6. The third-order valence-corrected chi connectivity index (χ3v) is 6.93. The molecule has 0 heterocycles. The van der Waals surface area contributed by atoms with E-state index in [1.54, 1.807) is 13.0 Å². The Hall–Kier alpha value is -2.85. The molecule has 0 fully saturated rings. The lowest BCUT2D eigenvalue weighted by molar-refractivity contribution is -0.140. The van der Waals surface area contributed by atoms with E-state index >= 15 is 0 Å². The molecular weight excluding hydrogens is 509 g/mol. The maximum absolute atomic E-state index is 13.7. The number of hydrogen-bond acceptors (Lipinski definition) is 5. The Balaban J connectivity index is 2.46. The summed E-state index contributed by atoms with van der Waals surface area (Å²) < 4.78 is 45.2. The number of ether oxygens (including phenoxy) is 1. The standard InChI is InChI=1S/C25H33ClFN3O5S/c1-5-7-14-28-25(32)21(6-2)29(16-18-8-11-20(27)12-9-18)24(31)17-30(36(4,33)34)22-15-19(26)10-13-23(22)35-3/h8-13,15,21H,5-7,14,16-17H2,1-4H3,(H,28,32)/t21-/m0/s1. The molecule has 36 heavy (non-hydrogen) atoms. The highest BCUT2D eigenvalue weighted by Crippen LogP contribution is 2.33. The molecule has 2 rings (SSSR count). The van der Waals surface area contributed by atoms with E-state index in [9.17, 15) is 22.4 Å². The number of unbranched alkanes of at least 4 members (excludes halogenated alkanes) is 1. The van der Waals surface area contributed by atoms with Crippen molar-refractivity contribution in [1.29, 1.82) is 0 Å². The monoisotopic (exact) mass is 541 g/mol. The molecule has 198 valence electrons. The lowest BCUT2D eigenvalue weighted by atomic mass is 10.1. The van der Waals surface area contributed by atoms with Gasteiger partial charge in [0.2, 0.25) is 21.8 Å². The van der Waals surface area contributed by atoms with Crippen LogP contribution in [0.15, 0.2) is 42.5 Å². The topological polar surface area (TPSA) is 96.0 Å². The van der Waals surface area contributed by atoms with Gasteiger partial charge in [-0.15, -0.1) is 0 Å². The highest BCUT2D eigenvalue weighted by Gasteiger charge is 2.32. The van der Waals surface area contributed by atoms with Crippen LogP contribution in [0.3, 0.4) is 0 Å². The minimum Gasteiger partial charge on any atom is -0.495 e. The van der Waals surface area contributed by atoms with E-state index in [0.717, 1.165) is 23.4 Å². The van der Waals surface area contributed by atoms with E-state index in [1.807, 2.05) is 6.92 Å². The van der Waals surface area contributed by atoms with Gasteiger partial charge >= 0.3 is 0 Å². The summed E-state index contributed by atoms with van der Waals surface area (Å²) in [4.78, 5) is 28.0. The fourth-order valence-electron chi connectivity index (χ4n) is 3.66. The lowest BCUT2D eigenvalue weighted by Gasteiger charge is -2.33. The Morgan fingerprint density at radius 2 is 1.81 bits per heavy atom. The number of benzene rings is 2. The van der Waals surface area contributed by atoms with Crippen molar-refractivity contribution < 1.29 is 27.1 Å². The van der Waals surface area contributed by atoms with E-state index in [-0.39, 0.29) is 28.9 Å². The van der Waals surface area contributed by atoms with Crippen LogP contribution in [-0.4, -0.2) is 57.6 Å². The van der Waals surface area contributed by atoms with Gasteiger partial charge in [0.1, 0.15) is 24.2 Å². The predicted octanol–water partition coefficient (Wildman–Crippen LogP) is 3.98. The van der Waals surface area contributed by atoms with Crippen molar-refractivity contribution >= 4 is 39.1 Å². The smallest absolute Gasteiger partial charge is 0.244 e. The van der Waals surface area contributed by atoms with E-state index < -0.39 is 34.3 Å². The molecule has 0 aromatic heterocycles. The molecule has 2 aromatic rings. The minimum atomic E-state index is -3.95. The molecule has 2 aromatic carbocycles. The Bertz CT molecular complexity index is 1140. The molecule has 11 heteroatoms. The molecule has 0 bridgehead atoms. The number of carbonyl (C=O) groups excluding carboxylic acids is 2. The van der Waals surface area contributed by atoms with Gasteiger partial charge in [-0.3, -0.25) is 13.9 Å². The van der Waals surface area contributed by atoms with Crippen molar-refractivity contribution in [3.63, 3.8) is 0 Å². The van der Waals surface area contributed by atoms with Crippen molar-refractivity contribution in [2.24, 2.45) is 0 Å². The van der Waals surface area contributed by atoms with Gasteiger partial charge in [0.05, 0.1) is 19.1 Å². The fourth-order valence-corrected chi connectivity index (χ4v) is 4.68. The molecular formula is C25H33ClFN3O5S. The quantitative estimate of drug-likeness (QED) is 0.387. The highest BCUT2D eigenvalue weighted by molar-refractivity contribution is 7.92. The lowest BCUT2D eigenvalue weighted by Crippen LogP contribution is -2.52. The van der Waals surface area contributed by atoms with Gasteiger partial charge in [-0.1, -0.05) is 44.0 Å². The van der Waals surface area contributed by atoms with Crippen LogP contribution in [0.2, 0.25) is 5.02 Å². The zero-order chi connectivity index (χ0) is 26.9. The number of nitrogens with one attached hydrogen (secondary N) is 1. The number of amides is 2. The number of methoxy groups -OCH3 is 1. The molecule has 0 saturated carbocycles. The van der Waals surface area contributed by atoms with Crippen molar-refractivity contribution in [2.75, 3.05) is 30.8 Å². The molecule has 0 aliphatic heterocycles. The molecule has 0 aliphatic carbocycles. The molecule has 1 N–H and O–H groups in total. The van der Waals surface area contributed by atoms with Gasteiger partial charge in [-0.25, -0.2) is 12.8 Å². The van der Waals surface area contributed by atoms with Crippen molar-refractivity contribution in [2.45, 2.75) is 45.7 Å². The average Bonchev–Trinajstić information content (AvgIpc) is 2.83. The van der Waals surface area contributed by atoms with E-state index in [1.165, 1.54) is 48.4 Å².